The monoisotopic (exact) mass is 377 g/mol. The Morgan fingerprint density at radius 3 is 2.50 bits per heavy atom. The van der Waals surface area contributed by atoms with Crippen LogP contribution in [0.2, 0.25) is 0 Å². The molecular formula is C22H23N3O3. The van der Waals surface area contributed by atoms with Crippen LogP contribution < -0.4 is 15.6 Å². The molecule has 2 aromatic carbocycles. The summed E-state index contributed by atoms with van der Waals surface area (Å²) in [5, 5.41) is 7.30. The van der Waals surface area contributed by atoms with E-state index in [0.29, 0.717) is 17.9 Å². The molecule has 3 aromatic rings. The number of carbonyl (C=O) groups is 1. The average Bonchev–Trinajstić information content (AvgIpc) is 2.73. The summed E-state index contributed by atoms with van der Waals surface area (Å²) in [6.45, 7) is 3.94. The lowest BCUT2D eigenvalue weighted by atomic mass is 10.1. The van der Waals surface area contributed by atoms with Gasteiger partial charge in [-0.1, -0.05) is 61.5 Å². The summed E-state index contributed by atoms with van der Waals surface area (Å²) in [7, 11) is 0. The molecule has 0 fully saturated rings. The van der Waals surface area contributed by atoms with E-state index in [1.54, 1.807) is 12.1 Å². The van der Waals surface area contributed by atoms with Crippen LogP contribution in [0, 0.1) is 0 Å². The zero-order valence-corrected chi connectivity index (χ0v) is 15.8. The molecule has 1 aromatic heterocycles. The molecule has 0 bridgehead atoms. The van der Waals surface area contributed by atoms with Gasteiger partial charge in [0, 0.05) is 18.2 Å². The van der Waals surface area contributed by atoms with Gasteiger partial charge in [-0.15, -0.1) is 0 Å². The molecule has 0 aliphatic rings. The second-order valence-electron chi connectivity index (χ2n) is 6.36. The molecule has 144 valence electrons. The lowest BCUT2D eigenvalue weighted by Gasteiger charge is -2.08. The Morgan fingerprint density at radius 2 is 1.82 bits per heavy atom. The molecule has 6 heteroatoms. The van der Waals surface area contributed by atoms with Crippen LogP contribution in [0.4, 0.5) is 0 Å². The average molecular weight is 377 g/mol. The standard InChI is InChI=1S/C22H23N3O3/c1-2-23-13-17-8-10-19(11-9-17)21(26)15-25-22(27)12-20(14-24-25)28-16-18-6-4-3-5-7-18/h3-12,14,23H,2,13,15-16H2,1H3. The Balaban J connectivity index is 1.60. The molecule has 0 saturated carbocycles. The molecule has 1 heterocycles. The topological polar surface area (TPSA) is 73.2 Å². The van der Waals surface area contributed by atoms with Gasteiger partial charge in [-0.05, 0) is 17.7 Å². The highest BCUT2D eigenvalue weighted by atomic mass is 16.5. The predicted octanol–water partition coefficient (Wildman–Crippen LogP) is 2.81. The van der Waals surface area contributed by atoms with Crippen LogP contribution in [-0.2, 0) is 19.7 Å². The second-order valence-corrected chi connectivity index (χ2v) is 6.36. The summed E-state index contributed by atoms with van der Waals surface area (Å²) in [4.78, 5) is 24.7. The number of carbonyl (C=O) groups excluding carboxylic acids is 1. The van der Waals surface area contributed by atoms with Crippen molar-refractivity contribution in [2.24, 2.45) is 0 Å². The van der Waals surface area contributed by atoms with Crippen molar-refractivity contribution in [2.75, 3.05) is 6.54 Å². The Bertz CT molecular complexity index is 966. The van der Waals surface area contributed by atoms with Crippen LogP contribution in [0.25, 0.3) is 0 Å². The molecule has 0 unspecified atom stereocenters. The van der Waals surface area contributed by atoms with Gasteiger partial charge in [-0.25, -0.2) is 4.68 Å². The van der Waals surface area contributed by atoms with E-state index >= 15 is 0 Å². The molecular weight excluding hydrogens is 354 g/mol. The first-order valence-electron chi connectivity index (χ1n) is 9.22. The van der Waals surface area contributed by atoms with Crippen molar-refractivity contribution >= 4 is 5.78 Å². The van der Waals surface area contributed by atoms with Crippen LogP contribution in [0.3, 0.4) is 0 Å². The number of nitrogens with one attached hydrogen (secondary N) is 1. The van der Waals surface area contributed by atoms with Crippen LogP contribution in [0.5, 0.6) is 5.75 Å². The van der Waals surface area contributed by atoms with Crippen molar-refractivity contribution in [3.05, 3.63) is 93.9 Å². The number of hydrogen-bond donors (Lipinski definition) is 1. The Kier molecular flexibility index (Phi) is 6.70. The van der Waals surface area contributed by atoms with E-state index in [1.807, 2.05) is 49.4 Å². The van der Waals surface area contributed by atoms with Crippen molar-refractivity contribution in [3.8, 4) is 5.75 Å². The van der Waals surface area contributed by atoms with E-state index in [-0.39, 0.29) is 17.9 Å². The first-order valence-corrected chi connectivity index (χ1v) is 9.22. The quantitative estimate of drug-likeness (QED) is 0.581. The highest BCUT2D eigenvalue weighted by Crippen LogP contribution is 2.09. The van der Waals surface area contributed by atoms with Crippen molar-refractivity contribution in [2.45, 2.75) is 26.6 Å². The second kappa shape index (κ2) is 9.62. The molecule has 28 heavy (non-hydrogen) atoms. The maximum absolute atomic E-state index is 12.4. The van der Waals surface area contributed by atoms with Gasteiger partial charge in [-0.2, -0.15) is 5.10 Å². The summed E-state index contributed by atoms with van der Waals surface area (Å²) in [6, 6.07) is 18.4. The molecule has 0 aliphatic heterocycles. The van der Waals surface area contributed by atoms with Gasteiger partial charge < -0.3 is 10.1 Å². The van der Waals surface area contributed by atoms with E-state index in [4.69, 9.17) is 4.74 Å². The predicted molar refractivity (Wildman–Crippen MR) is 107 cm³/mol. The maximum Gasteiger partial charge on any atom is 0.270 e. The summed E-state index contributed by atoms with van der Waals surface area (Å²) in [5.41, 5.74) is 2.29. The lowest BCUT2D eigenvalue weighted by Crippen LogP contribution is -2.26. The van der Waals surface area contributed by atoms with Crippen molar-refractivity contribution in [1.82, 2.24) is 15.1 Å². The smallest absolute Gasteiger partial charge is 0.270 e. The number of hydrogen-bond acceptors (Lipinski definition) is 5. The van der Waals surface area contributed by atoms with Crippen LogP contribution in [0.15, 0.2) is 71.7 Å². The molecule has 0 saturated heterocycles. The van der Waals surface area contributed by atoms with E-state index in [2.05, 4.69) is 10.4 Å². The largest absolute Gasteiger partial charge is 0.487 e. The molecule has 6 nitrogen and oxygen atoms in total. The Hall–Kier alpha value is -3.25. The van der Waals surface area contributed by atoms with E-state index in [9.17, 15) is 9.59 Å². The third-order valence-corrected chi connectivity index (χ3v) is 4.24. The summed E-state index contributed by atoms with van der Waals surface area (Å²) < 4.78 is 6.74. The lowest BCUT2D eigenvalue weighted by molar-refractivity contribution is 0.0965. The number of aromatic nitrogens is 2. The number of nitrogens with zero attached hydrogens (tertiary/aromatic N) is 2. The first kappa shape index (κ1) is 19.5. The number of rotatable bonds is 9. The molecule has 0 atom stereocenters. The fraction of sp³-hybridized carbons (Fsp3) is 0.227. The van der Waals surface area contributed by atoms with E-state index < -0.39 is 0 Å². The van der Waals surface area contributed by atoms with Gasteiger partial charge in [0.25, 0.3) is 5.56 Å². The first-order chi connectivity index (χ1) is 13.7. The zero-order valence-electron chi connectivity index (χ0n) is 15.8. The maximum atomic E-state index is 12.4. The number of Topliss-reactive ketones (excluding diaryl/α,β-unsaturated/α-hetero) is 1. The summed E-state index contributed by atoms with van der Waals surface area (Å²) in [6.07, 6.45) is 1.46. The number of ether oxygens (including phenoxy) is 1. The van der Waals surface area contributed by atoms with Crippen LogP contribution >= 0.6 is 0 Å². The van der Waals surface area contributed by atoms with Crippen LogP contribution in [-0.4, -0.2) is 22.1 Å². The highest BCUT2D eigenvalue weighted by Gasteiger charge is 2.10. The third kappa shape index (κ3) is 5.37. The molecule has 0 amide bonds. The van der Waals surface area contributed by atoms with Gasteiger partial charge in [-0.3, -0.25) is 9.59 Å². The zero-order chi connectivity index (χ0) is 19.8. The summed E-state index contributed by atoms with van der Waals surface area (Å²) >= 11 is 0. The molecule has 0 spiro atoms. The van der Waals surface area contributed by atoms with Crippen molar-refractivity contribution < 1.29 is 9.53 Å². The fourth-order valence-corrected chi connectivity index (χ4v) is 2.66. The van der Waals surface area contributed by atoms with E-state index in [0.717, 1.165) is 28.9 Å². The van der Waals surface area contributed by atoms with Crippen LogP contribution in [0.1, 0.15) is 28.4 Å². The third-order valence-electron chi connectivity index (χ3n) is 4.24. The summed E-state index contributed by atoms with van der Waals surface area (Å²) in [5.74, 6) is 0.216. The molecule has 1 N–H and O–H groups in total. The van der Waals surface area contributed by atoms with Crippen molar-refractivity contribution in [1.29, 1.82) is 0 Å². The van der Waals surface area contributed by atoms with Gasteiger partial charge in [0.1, 0.15) is 18.9 Å². The number of ketones is 1. The highest BCUT2D eigenvalue weighted by molar-refractivity contribution is 5.95. The molecule has 0 aliphatic carbocycles. The van der Waals surface area contributed by atoms with Gasteiger partial charge in [0.05, 0.1) is 6.20 Å². The number of benzene rings is 2. The minimum Gasteiger partial charge on any atom is -0.487 e. The SMILES string of the molecule is CCNCc1ccc(C(=O)Cn2ncc(OCc3ccccc3)cc2=O)cc1. The molecule has 3 rings (SSSR count). The minimum atomic E-state index is -0.373. The normalized spacial score (nSPS) is 10.6. The Morgan fingerprint density at radius 1 is 1.07 bits per heavy atom. The van der Waals surface area contributed by atoms with E-state index in [1.165, 1.54) is 12.3 Å². The van der Waals surface area contributed by atoms with Gasteiger partial charge >= 0.3 is 0 Å². The van der Waals surface area contributed by atoms with Gasteiger partial charge in [0.2, 0.25) is 0 Å². The molecule has 0 radical (unpaired) electrons. The minimum absolute atomic E-state index is 0.107. The Labute approximate surface area is 163 Å². The fourth-order valence-electron chi connectivity index (χ4n) is 2.66. The van der Waals surface area contributed by atoms with Crippen molar-refractivity contribution in [3.63, 3.8) is 0 Å². The van der Waals surface area contributed by atoms with Gasteiger partial charge in [0.15, 0.2) is 5.78 Å².